The topological polar surface area (TPSA) is 9.23 Å². The summed E-state index contributed by atoms with van der Waals surface area (Å²) in [6, 6.07) is 6.11. The Hall–Kier alpha value is -0.310. The van der Waals surface area contributed by atoms with Gasteiger partial charge in [-0.1, -0.05) is 12.1 Å². The monoisotopic (exact) mass is 236 g/mol. The van der Waals surface area contributed by atoms with Gasteiger partial charge in [-0.3, -0.25) is 0 Å². The highest BCUT2D eigenvalue weighted by molar-refractivity contribution is 6.44. The molecule has 0 heterocycles. The smallest absolute Gasteiger partial charge is 0.123 e. The van der Waals surface area contributed by atoms with Crippen molar-refractivity contribution in [2.75, 3.05) is 7.11 Å². The largest absolute Gasteiger partial charge is 0.377 e. The summed E-state index contributed by atoms with van der Waals surface area (Å²) >= 11 is 11.3. The van der Waals surface area contributed by atoms with Crippen molar-refractivity contribution < 1.29 is 9.13 Å². The normalized spacial score (nSPS) is 13.2. The summed E-state index contributed by atoms with van der Waals surface area (Å²) < 4.78 is 17.8. The zero-order valence-corrected chi connectivity index (χ0v) is 9.23. The maximum absolute atomic E-state index is 12.6. The van der Waals surface area contributed by atoms with Crippen molar-refractivity contribution in [3.05, 3.63) is 35.6 Å². The molecule has 0 radical (unpaired) electrons. The van der Waals surface area contributed by atoms with Crippen molar-refractivity contribution in [3.63, 3.8) is 0 Å². The lowest BCUT2D eigenvalue weighted by molar-refractivity contribution is 0.0988. The molecule has 0 aliphatic carbocycles. The van der Waals surface area contributed by atoms with Crippen LogP contribution in [0.1, 0.15) is 18.1 Å². The molecule has 1 rings (SSSR count). The van der Waals surface area contributed by atoms with Crippen LogP contribution in [0.15, 0.2) is 24.3 Å². The van der Waals surface area contributed by atoms with Crippen LogP contribution in [0.25, 0.3) is 0 Å². The number of ether oxygens (including phenoxy) is 1. The first-order valence-electron chi connectivity index (χ1n) is 4.20. The second-order valence-corrected chi connectivity index (χ2v) is 4.18. The molecule has 0 aromatic heterocycles. The Morgan fingerprint density at radius 2 is 1.86 bits per heavy atom. The van der Waals surface area contributed by atoms with Gasteiger partial charge in [-0.2, -0.15) is 0 Å². The summed E-state index contributed by atoms with van der Waals surface area (Å²) in [5.41, 5.74) is 0.875. The van der Waals surface area contributed by atoms with Crippen LogP contribution in [0.4, 0.5) is 4.39 Å². The average molecular weight is 237 g/mol. The molecule has 0 saturated heterocycles. The summed E-state index contributed by atoms with van der Waals surface area (Å²) in [4.78, 5) is -0.481. The van der Waals surface area contributed by atoms with Crippen LogP contribution >= 0.6 is 23.2 Å². The zero-order chi connectivity index (χ0) is 10.6. The van der Waals surface area contributed by atoms with Gasteiger partial charge in [0.05, 0.1) is 6.10 Å². The molecule has 0 aliphatic rings. The third kappa shape index (κ3) is 3.45. The molecule has 1 aromatic rings. The lowest BCUT2D eigenvalue weighted by Crippen LogP contribution is -2.05. The number of rotatable bonds is 4. The van der Waals surface area contributed by atoms with E-state index in [2.05, 4.69) is 0 Å². The van der Waals surface area contributed by atoms with Crippen LogP contribution in [-0.4, -0.2) is 11.9 Å². The van der Waals surface area contributed by atoms with Crippen molar-refractivity contribution in [1.82, 2.24) is 0 Å². The standard InChI is InChI=1S/C10H11Cl2FO/c1-14-9(6-10(11)12)7-2-4-8(13)5-3-7/h2-5,9-10H,6H2,1H3. The Balaban J connectivity index is 2.73. The predicted molar refractivity (Wildman–Crippen MR) is 56.3 cm³/mol. The van der Waals surface area contributed by atoms with Gasteiger partial charge in [-0.05, 0) is 17.7 Å². The molecule has 0 spiro atoms. The summed E-state index contributed by atoms with van der Waals surface area (Å²) in [6.07, 6.45) is 0.307. The van der Waals surface area contributed by atoms with Crippen LogP contribution < -0.4 is 0 Å². The van der Waals surface area contributed by atoms with Crippen molar-refractivity contribution in [2.24, 2.45) is 0 Å². The predicted octanol–water partition coefficient (Wildman–Crippen LogP) is 3.71. The van der Waals surface area contributed by atoms with Crippen LogP contribution in [0.3, 0.4) is 0 Å². The van der Waals surface area contributed by atoms with Crippen molar-refractivity contribution in [3.8, 4) is 0 Å². The molecule has 0 bridgehead atoms. The zero-order valence-electron chi connectivity index (χ0n) is 7.71. The number of halogens is 3. The van der Waals surface area contributed by atoms with Crippen LogP contribution in [0, 0.1) is 5.82 Å². The summed E-state index contributed by atoms with van der Waals surface area (Å²) in [6.45, 7) is 0. The quantitative estimate of drug-likeness (QED) is 0.725. The van der Waals surface area contributed by atoms with Gasteiger partial charge in [0.1, 0.15) is 10.7 Å². The van der Waals surface area contributed by atoms with Gasteiger partial charge >= 0.3 is 0 Å². The number of hydrogen-bond acceptors (Lipinski definition) is 1. The Morgan fingerprint density at radius 3 is 2.29 bits per heavy atom. The molecular formula is C10H11Cl2FO. The molecule has 0 aliphatic heterocycles. The molecule has 1 aromatic carbocycles. The summed E-state index contributed by atoms with van der Waals surface area (Å²) in [7, 11) is 1.57. The van der Waals surface area contributed by atoms with E-state index >= 15 is 0 Å². The van der Waals surface area contributed by atoms with Gasteiger partial charge in [0.2, 0.25) is 0 Å². The van der Waals surface area contributed by atoms with E-state index in [1.165, 1.54) is 12.1 Å². The second-order valence-electron chi connectivity index (χ2n) is 2.90. The van der Waals surface area contributed by atoms with Gasteiger partial charge in [-0.25, -0.2) is 4.39 Å². The molecular weight excluding hydrogens is 226 g/mol. The molecule has 0 amide bonds. The third-order valence-electron chi connectivity index (χ3n) is 1.92. The Kier molecular flexibility index (Phi) is 4.66. The highest BCUT2D eigenvalue weighted by Gasteiger charge is 2.14. The molecule has 1 atom stereocenters. The van der Waals surface area contributed by atoms with Gasteiger partial charge in [0.25, 0.3) is 0 Å². The Morgan fingerprint density at radius 1 is 1.29 bits per heavy atom. The third-order valence-corrected chi connectivity index (χ3v) is 2.27. The van der Waals surface area contributed by atoms with E-state index in [0.29, 0.717) is 6.42 Å². The molecule has 4 heteroatoms. The molecule has 78 valence electrons. The number of alkyl halides is 2. The molecule has 14 heavy (non-hydrogen) atoms. The second kappa shape index (κ2) is 5.54. The highest BCUT2D eigenvalue weighted by Crippen LogP contribution is 2.25. The molecule has 1 nitrogen and oxygen atoms in total. The highest BCUT2D eigenvalue weighted by atomic mass is 35.5. The fourth-order valence-corrected chi connectivity index (χ4v) is 1.53. The summed E-state index contributed by atoms with van der Waals surface area (Å²) in [5.74, 6) is -0.267. The minimum absolute atomic E-state index is 0.185. The maximum atomic E-state index is 12.6. The van der Waals surface area contributed by atoms with E-state index in [9.17, 15) is 4.39 Å². The van der Waals surface area contributed by atoms with E-state index < -0.39 is 4.84 Å². The number of hydrogen-bond donors (Lipinski definition) is 0. The first-order chi connectivity index (χ1) is 6.63. The lowest BCUT2D eigenvalue weighted by Gasteiger charge is -2.15. The Labute approximate surface area is 92.8 Å². The average Bonchev–Trinajstić information content (AvgIpc) is 2.15. The minimum Gasteiger partial charge on any atom is -0.377 e. The molecule has 0 fully saturated rings. The summed E-state index contributed by atoms with van der Waals surface area (Å²) in [5, 5.41) is 0. The van der Waals surface area contributed by atoms with Crippen molar-refractivity contribution in [2.45, 2.75) is 17.4 Å². The van der Waals surface area contributed by atoms with Crippen molar-refractivity contribution in [1.29, 1.82) is 0 Å². The first kappa shape index (κ1) is 11.8. The fraction of sp³-hybridized carbons (Fsp3) is 0.400. The van der Waals surface area contributed by atoms with Crippen LogP contribution in [0.5, 0.6) is 0 Å². The van der Waals surface area contributed by atoms with E-state index in [-0.39, 0.29) is 11.9 Å². The number of methoxy groups -OCH3 is 1. The molecule has 1 unspecified atom stereocenters. The van der Waals surface area contributed by atoms with E-state index in [4.69, 9.17) is 27.9 Å². The van der Waals surface area contributed by atoms with Gasteiger partial charge in [-0.15, -0.1) is 23.2 Å². The van der Waals surface area contributed by atoms with Gasteiger partial charge < -0.3 is 4.74 Å². The van der Waals surface area contributed by atoms with E-state index in [1.807, 2.05) is 0 Å². The van der Waals surface area contributed by atoms with Crippen molar-refractivity contribution >= 4 is 23.2 Å². The van der Waals surface area contributed by atoms with E-state index in [1.54, 1.807) is 19.2 Å². The number of benzene rings is 1. The Bertz CT molecular complexity index is 274. The minimum atomic E-state index is -0.481. The van der Waals surface area contributed by atoms with Crippen LogP contribution in [-0.2, 0) is 4.74 Å². The van der Waals surface area contributed by atoms with E-state index in [0.717, 1.165) is 5.56 Å². The SMILES string of the molecule is COC(CC(Cl)Cl)c1ccc(F)cc1. The fourth-order valence-electron chi connectivity index (χ4n) is 1.21. The van der Waals surface area contributed by atoms with Crippen LogP contribution in [0.2, 0.25) is 0 Å². The molecule has 0 saturated carbocycles. The molecule has 0 N–H and O–H groups in total. The van der Waals surface area contributed by atoms with Gasteiger partial charge in [0.15, 0.2) is 0 Å². The first-order valence-corrected chi connectivity index (χ1v) is 5.07. The maximum Gasteiger partial charge on any atom is 0.123 e. The van der Waals surface area contributed by atoms with Gasteiger partial charge in [0, 0.05) is 13.5 Å². The lowest BCUT2D eigenvalue weighted by atomic mass is 10.1.